The van der Waals surface area contributed by atoms with E-state index in [-0.39, 0.29) is 30.6 Å². The zero-order chi connectivity index (χ0) is 20.5. The van der Waals surface area contributed by atoms with Crippen LogP contribution in [-0.2, 0) is 20.9 Å². The lowest BCUT2D eigenvalue weighted by Crippen LogP contribution is -2.46. The minimum Gasteiger partial charge on any atom is -0.496 e. The Balaban J connectivity index is 1.72. The van der Waals surface area contributed by atoms with Crippen molar-refractivity contribution in [3.8, 4) is 5.75 Å². The zero-order valence-electron chi connectivity index (χ0n) is 16.8. The van der Waals surface area contributed by atoms with Crippen LogP contribution < -0.4 is 4.74 Å². The molecule has 2 aliphatic rings. The van der Waals surface area contributed by atoms with E-state index < -0.39 is 0 Å². The van der Waals surface area contributed by atoms with Crippen LogP contribution in [0.4, 0.5) is 0 Å². The maximum absolute atomic E-state index is 13.5. The molecule has 2 aliphatic heterocycles. The van der Waals surface area contributed by atoms with Gasteiger partial charge in [-0.2, -0.15) is 0 Å². The van der Waals surface area contributed by atoms with Gasteiger partial charge in [-0.3, -0.25) is 14.5 Å². The van der Waals surface area contributed by atoms with Crippen molar-refractivity contribution in [2.45, 2.75) is 32.6 Å². The average molecular weight is 413 g/mol. The summed E-state index contributed by atoms with van der Waals surface area (Å²) in [5, 5.41) is 1.92. The molecule has 7 heteroatoms. The second-order valence-electron chi connectivity index (χ2n) is 7.37. The molecule has 0 N–H and O–H groups in total. The normalized spacial score (nSPS) is 22.6. The number of nitrogens with zero attached hydrogens (tertiary/aromatic N) is 2. The quantitative estimate of drug-likeness (QED) is 0.706. The third kappa shape index (κ3) is 3.68. The van der Waals surface area contributed by atoms with Gasteiger partial charge in [-0.25, -0.2) is 0 Å². The molecule has 0 saturated carbocycles. The molecule has 4 rings (SSSR count). The second kappa shape index (κ2) is 8.00. The van der Waals surface area contributed by atoms with Gasteiger partial charge < -0.3 is 14.4 Å². The molecule has 0 bridgehead atoms. The Kier molecular flexibility index (Phi) is 5.43. The summed E-state index contributed by atoms with van der Waals surface area (Å²) in [5.41, 5.74) is 1.77. The Morgan fingerprint density at radius 2 is 1.79 bits per heavy atom. The number of hydrogen-bond acceptors (Lipinski definition) is 6. The molecule has 2 amide bonds. The third-order valence-electron chi connectivity index (χ3n) is 5.17. The van der Waals surface area contributed by atoms with Crippen molar-refractivity contribution in [2.24, 2.45) is 0 Å². The van der Waals surface area contributed by atoms with Crippen molar-refractivity contribution in [1.29, 1.82) is 0 Å². The van der Waals surface area contributed by atoms with Crippen molar-refractivity contribution in [1.82, 2.24) is 9.80 Å². The van der Waals surface area contributed by atoms with E-state index in [2.05, 4.69) is 0 Å². The van der Waals surface area contributed by atoms with Gasteiger partial charge in [-0.15, -0.1) is 11.3 Å². The highest BCUT2D eigenvalue weighted by Crippen LogP contribution is 2.36. The van der Waals surface area contributed by atoms with Crippen molar-refractivity contribution in [3.63, 3.8) is 0 Å². The van der Waals surface area contributed by atoms with Gasteiger partial charge in [0.1, 0.15) is 11.4 Å². The number of rotatable bonds is 5. The number of para-hydroxylation sites is 1. The van der Waals surface area contributed by atoms with E-state index in [0.717, 1.165) is 10.4 Å². The average Bonchev–Trinajstić information content (AvgIpc) is 3.30. The molecule has 0 aliphatic carbocycles. The number of ether oxygens (including phenoxy) is 2. The number of hydrogen-bond donors (Lipinski definition) is 0. The lowest BCUT2D eigenvalue weighted by molar-refractivity contribution is -0.139. The molecular weight excluding hydrogens is 388 g/mol. The summed E-state index contributed by atoms with van der Waals surface area (Å²) in [5.74, 6) is 0.142. The van der Waals surface area contributed by atoms with E-state index in [4.69, 9.17) is 9.47 Å². The molecule has 1 aromatic carbocycles. The second-order valence-corrected chi connectivity index (χ2v) is 8.32. The number of carbonyl (C=O) groups excluding carboxylic acids is 2. The summed E-state index contributed by atoms with van der Waals surface area (Å²) >= 11 is 1.47. The fourth-order valence-corrected chi connectivity index (χ4v) is 4.77. The van der Waals surface area contributed by atoms with Crippen molar-refractivity contribution >= 4 is 28.7 Å². The Bertz CT molecular complexity index is 943. The number of carbonyl (C=O) groups is 2. The predicted octanol–water partition coefficient (Wildman–Crippen LogP) is 3.15. The molecule has 1 aromatic heterocycles. The number of thiophene rings is 1. The van der Waals surface area contributed by atoms with E-state index in [1.165, 1.54) is 16.2 Å². The minimum atomic E-state index is -0.259. The Labute approximate surface area is 174 Å². The van der Waals surface area contributed by atoms with Crippen LogP contribution in [0.25, 0.3) is 5.57 Å². The molecule has 2 aromatic rings. The molecular formula is C22H24N2O4S. The van der Waals surface area contributed by atoms with Gasteiger partial charge in [0, 0.05) is 23.5 Å². The number of amides is 2. The highest BCUT2D eigenvalue weighted by atomic mass is 32.1. The first-order chi connectivity index (χ1) is 14.0. The molecule has 0 radical (unpaired) electrons. The summed E-state index contributed by atoms with van der Waals surface area (Å²) < 4.78 is 11.2. The molecule has 0 spiro atoms. The number of imide groups is 1. The van der Waals surface area contributed by atoms with Gasteiger partial charge >= 0.3 is 0 Å². The van der Waals surface area contributed by atoms with Crippen molar-refractivity contribution in [2.75, 3.05) is 20.2 Å². The molecule has 2 unspecified atom stereocenters. The van der Waals surface area contributed by atoms with Crippen LogP contribution >= 0.6 is 11.3 Å². The van der Waals surface area contributed by atoms with Crippen LogP contribution in [0, 0.1) is 0 Å². The van der Waals surface area contributed by atoms with Crippen LogP contribution in [0.3, 0.4) is 0 Å². The molecule has 2 atom stereocenters. The fourth-order valence-electron chi connectivity index (χ4n) is 4.01. The van der Waals surface area contributed by atoms with Gasteiger partial charge in [-0.1, -0.05) is 24.3 Å². The highest BCUT2D eigenvalue weighted by Gasteiger charge is 2.43. The lowest BCUT2D eigenvalue weighted by atomic mass is 10.1. The van der Waals surface area contributed by atoms with E-state index in [1.807, 2.05) is 60.5 Å². The summed E-state index contributed by atoms with van der Waals surface area (Å²) in [6.45, 7) is 5.31. The molecule has 1 saturated heterocycles. The lowest BCUT2D eigenvalue weighted by Gasteiger charge is -2.37. The third-order valence-corrected chi connectivity index (χ3v) is 6.06. The van der Waals surface area contributed by atoms with E-state index in [9.17, 15) is 9.59 Å². The summed E-state index contributed by atoms with van der Waals surface area (Å²) in [6.07, 6.45) is -0.0241. The zero-order valence-corrected chi connectivity index (χ0v) is 17.6. The smallest absolute Gasteiger partial charge is 0.278 e. The van der Waals surface area contributed by atoms with Crippen LogP contribution in [0.1, 0.15) is 24.3 Å². The molecule has 152 valence electrons. The first kappa shape index (κ1) is 19.7. The maximum atomic E-state index is 13.5. The highest BCUT2D eigenvalue weighted by molar-refractivity contribution is 7.11. The summed E-state index contributed by atoms with van der Waals surface area (Å²) in [4.78, 5) is 31.0. The van der Waals surface area contributed by atoms with Gasteiger partial charge in [-0.05, 0) is 31.4 Å². The van der Waals surface area contributed by atoms with Crippen LogP contribution in [0.15, 0.2) is 47.5 Å². The summed E-state index contributed by atoms with van der Waals surface area (Å²) in [7, 11) is 1.59. The maximum Gasteiger partial charge on any atom is 0.278 e. The Morgan fingerprint density at radius 3 is 2.45 bits per heavy atom. The topological polar surface area (TPSA) is 59.1 Å². The standard InChI is InChI=1S/C22H24N2O4S/c1-14-11-23(12-15(2)28-14)20-19(18-9-6-10-29-18)21(25)24(22(20)26)13-16-7-4-5-8-17(16)27-3/h4-10,14-15H,11-13H2,1-3H3. The SMILES string of the molecule is COc1ccccc1CN1C(=O)C(c2cccs2)=C(N2CC(C)OC(C)C2)C1=O. The molecule has 1 fully saturated rings. The molecule has 3 heterocycles. The van der Waals surface area contributed by atoms with E-state index in [1.54, 1.807) is 7.11 Å². The van der Waals surface area contributed by atoms with Crippen LogP contribution in [-0.4, -0.2) is 54.0 Å². The minimum absolute atomic E-state index is 0.0120. The van der Waals surface area contributed by atoms with Crippen molar-refractivity contribution in [3.05, 3.63) is 57.9 Å². The van der Waals surface area contributed by atoms with Crippen LogP contribution in [0.5, 0.6) is 5.75 Å². The van der Waals surface area contributed by atoms with Crippen molar-refractivity contribution < 1.29 is 19.1 Å². The van der Waals surface area contributed by atoms with Gasteiger partial charge in [0.05, 0.1) is 31.4 Å². The van der Waals surface area contributed by atoms with Gasteiger partial charge in [0.25, 0.3) is 11.8 Å². The van der Waals surface area contributed by atoms with Gasteiger partial charge in [0.15, 0.2) is 0 Å². The van der Waals surface area contributed by atoms with Gasteiger partial charge in [0.2, 0.25) is 0 Å². The first-order valence-corrected chi connectivity index (χ1v) is 10.5. The number of morpholine rings is 1. The molecule has 29 heavy (non-hydrogen) atoms. The first-order valence-electron chi connectivity index (χ1n) is 9.66. The number of benzene rings is 1. The van der Waals surface area contributed by atoms with Crippen LogP contribution in [0.2, 0.25) is 0 Å². The monoisotopic (exact) mass is 412 g/mol. The largest absolute Gasteiger partial charge is 0.496 e. The number of methoxy groups -OCH3 is 1. The fraction of sp³-hybridized carbons (Fsp3) is 0.364. The van der Waals surface area contributed by atoms with E-state index in [0.29, 0.717) is 30.1 Å². The Hall–Kier alpha value is -2.64. The summed E-state index contributed by atoms with van der Waals surface area (Å²) in [6, 6.07) is 11.2. The molecule has 6 nitrogen and oxygen atoms in total. The predicted molar refractivity (Wildman–Crippen MR) is 111 cm³/mol. The van der Waals surface area contributed by atoms with E-state index >= 15 is 0 Å². The Morgan fingerprint density at radius 1 is 1.07 bits per heavy atom.